The lowest BCUT2D eigenvalue weighted by atomic mass is 10.1. The number of tetrazole rings is 1. The molecule has 4 rings (SSSR count). The zero-order chi connectivity index (χ0) is 17.1. The topological polar surface area (TPSA) is 66.9 Å². The van der Waals surface area contributed by atoms with Crippen LogP contribution >= 0.6 is 11.3 Å². The quantitative estimate of drug-likeness (QED) is 0.734. The highest BCUT2D eigenvalue weighted by atomic mass is 32.1. The van der Waals surface area contributed by atoms with Gasteiger partial charge >= 0.3 is 0 Å². The summed E-state index contributed by atoms with van der Waals surface area (Å²) in [6.45, 7) is 2.71. The third kappa shape index (κ3) is 3.95. The Morgan fingerprint density at radius 1 is 1.28 bits per heavy atom. The summed E-state index contributed by atoms with van der Waals surface area (Å²) >= 11 is 1.87. The Labute approximate surface area is 150 Å². The fourth-order valence-corrected chi connectivity index (χ4v) is 4.36. The Morgan fingerprint density at radius 3 is 3.04 bits per heavy atom. The Bertz CT molecular complexity index is 811. The van der Waals surface area contributed by atoms with E-state index in [1.54, 1.807) is 0 Å². The minimum Gasteiger partial charge on any atom is -0.373 e. The summed E-state index contributed by atoms with van der Waals surface area (Å²) < 4.78 is 5.78. The van der Waals surface area contributed by atoms with Crippen molar-refractivity contribution in [2.45, 2.75) is 32.0 Å². The molecule has 130 valence electrons. The highest BCUT2D eigenvalue weighted by Gasteiger charge is 2.19. The fraction of sp³-hybridized carbons (Fsp3) is 0.389. The second-order valence-corrected chi connectivity index (χ2v) is 7.61. The third-order valence-corrected chi connectivity index (χ3v) is 5.50. The van der Waals surface area contributed by atoms with Crippen molar-refractivity contribution in [2.75, 3.05) is 13.7 Å². The van der Waals surface area contributed by atoms with Crippen LogP contribution in [0.1, 0.15) is 34.3 Å². The second kappa shape index (κ2) is 7.43. The van der Waals surface area contributed by atoms with Gasteiger partial charge in [-0.25, -0.2) is 0 Å². The van der Waals surface area contributed by atoms with Crippen LogP contribution in [0.4, 0.5) is 0 Å². The van der Waals surface area contributed by atoms with Crippen LogP contribution in [0.15, 0.2) is 36.4 Å². The first-order chi connectivity index (χ1) is 12.3. The summed E-state index contributed by atoms with van der Waals surface area (Å²) in [6.07, 6.45) is 2.64. The molecule has 1 aromatic carbocycles. The van der Waals surface area contributed by atoms with E-state index >= 15 is 0 Å². The molecule has 0 spiro atoms. The molecule has 2 aromatic heterocycles. The molecule has 7 heteroatoms. The van der Waals surface area contributed by atoms with Crippen molar-refractivity contribution in [2.24, 2.45) is 0 Å². The Kier molecular flexibility index (Phi) is 4.87. The van der Waals surface area contributed by atoms with E-state index in [9.17, 15) is 0 Å². The first-order valence-corrected chi connectivity index (χ1v) is 9.31. The van der Waals surface area contributed by atoms with E-state index in [0.717, 1.165) is 31.7 Å². The van der Waals surface area contributed by atoms with Crippen LogP contribution in [0.2, 0.25) is 0 Å². The number of hydrogen-bond acceptors (Lipinski definition) is 6. The first kappa shape index (κ1) is 16.4. The van der Waals surface area contributed by atoms with Crippen molar-refractivity contribution in [3.63, 3.8) is 0 Å². The number of H-pyrrole nitrogens is 1. The predicted octanol–water partition coefficient (Wildman–Crippen LogP) is 3.41. The van der Waals surface area contributed by atoms with E-state index in [1.165, 1.54) is 21.7 Å². The van der Waals surface area contributed by atoms with E-state index in [4.69, 9.17) is 4.74 Å². The molecule has 1 fully saturated rings. The number of aromatic nitrogens is 4. The molecule has 0 unspecified atom stereocenters. The predicted molar refractivity (Wildman–Crippen MR) is 97.0 cm³/mol. The normalized spacial score (nSPS) is 17.4. The largest absolute Gasteiger partial charge is 0.373 e. The summed E-state index contributed by atoms with van der Waals surface area (Å²) in [4.78, 5) is 5.06. The summed E-state index contributed by atoms with van der Waals surface area (Å²) in [5.74, 6) is 0.629. The molecule has 0 amide bonds. The average molecular weight is 355 g/mol. The van der Waals surface area contributed by atoms with Crippen LogP contribution in [0, 0.1) is 0 Å². The van der Waals surface area contributed by atoms with Gasteiger partial charge in [0.1, 0.15) is 0 Å². The maximum absolute atomic E-state index is 5.78. The monoisotopic (exact) mass is 355 g/mol. The van der Waals surface area contributed by atoms with Crippen LogP contribution in [0.3, 0.4) is 0 Å². The van der Waals surface area contributed by atoms with Gasteiger partial charge < -0.3 is 4.74 Å². The SMILES string of the molecule is CN(Cc1cccc(-c2nn[nH]n2)c1)Cc1ccc([C@@H]2CCCO2)s1. The van der Waals surface area contributed by atoms with Crippen LogP contribution in [-0.2, 0) is 17.8 Å². The standard InChI is InChI=1S/C18H21N5OS/c1-23(12-15-7-8-17(25-15)16-6-3-9-24-16)11-13-4-2-5-14(10-13)18-19-21-22-20-18/h2,4-5,7-8,10,16H,3,6,9,11-12H2,1H3,(H,19,20,21,22)/t16-/m0/s1. The zero-order valence-corrected chi connectivity index (χ0v) is 15.0. The lowest BCUT2D eigenvalue weighted by Crippen LogP contribution is -2.16. The lowest BCUT2D eigenvalue weighted by Gasteiger charge is -2.16. The molecule has 25 heavy (non-hydrogen) atoms. The average Bonchev–Trinajstić information content (AvgIpc) is 3.37. The van der Waals surface area contributed by atoms with Gasteiger partial charge in [0.2, 0.25) is 5.82 Å². The summed E-state index contributed by atoms with van der Waals surface area (Å²) in [7, 11) is 2.15. The van der Waals surface area contributed by atoms with Crippen LogP contribution in [0.25, 0.3) is 11.4 Å². The van der Waals surface area contributed by atoms with Gasteiger partial charge in [0, 0.05) is 35.0 Å². The summed E-state index contributed by atoms with van der Waals surface area (Å²) in [5.41, 5.74) is 2.22. The first-order valence-electron chi connectivity index (χ1n) is 8.49. The van der Waals surface area contributed by atoms with Crippen molar-refractivity contribution in [3.8, 4) is 11.4 Å². The van der Waals surface area contributed by atoms with Gasteiger partial charge in [0.15, 0.2) is 0 Å². The molecule has 0 aliphatic carbocycles. The number of aromatic amines is 1. The van der Waals surface area contributed by atoms with Crippen LogP contribution in [-0.4, -0.2) is 39.2 Å². The van der Waals surface area contributed by atoms with Gasteiger partial charge in [0.25, 0.3) is 0 Å². The number of thiophene rings is 1. The molecule has 0 radical (unpaired) electrons. The highest BCUT2D eigenvalue weighted by Crippen LogP contribution is 2.33. The molecule has 3 heterocycles. The zero-order valence-electron chi connectivity index (χ0n) is 14.2. The van der Waals surface area contributed by atoms with Crippen molar-refractivity contribution in [3.05, 3.63) is 51.7 Å². The molecular formula is C18H21N5OS. The Hall–Kier alpha value is -2.09. The number of ether oxygens (including phenoxy) is 1. The number of nitrogens with zero attached hydrogens (tertiary/aromatic N) is 4. The number of rotatable bonds is 6. The van der Waals surface area contributed by atoms with Gasteiger partial charge in [-0.15, -0.1) is 21.5 Å². The highest BCUT2D eigenvalue weighted by molar-refractivity contribution is 7.12. The number of nitrogens with one attached hydrogen (secondary N) is 1. The van der Waals surface area contributed by atoms with Crippen molar-refractivity contribution in [1.82, 2.24) is 25.5 Å². The number of benzene rings is 1. The molecule has 1 atom stereocenters. The van der Waals surface area contributed by atoms with Crippen molar-refractivity contribution >= 4 is 11.3 Å². The lowest BCUT2D eigenvalue weighted by molar-refractivity contribution is 0.114. The van der Waals surface area contributed by atoms with Gasteiger partial charge in [0.05, 0.1) is 6.10 Å². The van der Waals surface area contributed by atoms with Gasteiger partial charge in [-0.2, -0.15) is 5.21 Å². The molecule has 0 saturated carbocycles. The smallest absolute Gasteiger partial charge is 0.204 e. The minimum atomic E-state index is 0.315. The molecular weight excluding hydrogens is 334 g/mol. The molecule has 1 N–H and O–H groups in total. The molecule has 1 aliphatic heterocycles. The van der Waals surface area contributed by atoms with E-state index in [0.29, 0.717) is 11.9 Å². The molecule has 1 aliphatic rings. The minimum absolute atomic E-state index is 0.315. The molecule has 6 nitrogen and oxygen atoms in total. The molecule has 3 aromatic rings. The third-order valence-electron chi connectivity index (χ3n) is 4.34. The number of hydrogen-bond donors (Lipinski definition) is 1. The van der Waals surface area contributed by atoms with Crippen molar-refractivity contribution in [1.29, 1.82) is 0 Å². The molecule has 1 saturated heterocycles. The molecule has 0 bridgehead atoms. The summed E-state index contributed by atoms with van der Waals surface area (Å²) in [6, 6.07) is 12.7. The van der Waals surface area contributed by atoms with Crippen LogP contribution in [0.5, 0.6) is 0 Å². The fourth-order valence-electron chi connectivity index (χ4n) is 3.18. The van der Waals surface area contributed by atoms with Crippen molar-refractivity contribution < 1.29 is 4.74 Å². The van der Waals surface area contributed by atoms with E-state index in [-0.39, 0.29) is 0 Å². The van der Waals surface area contributed by atoms with Gasteiger partial charge in [-0.05, 0) is 48.9 Å². The Balaban J connectivity index is 1.39. The van der Waals surface area contributed by atoms with Gasteiger partial charge in [-0.3, -0.25) is 4.90 Å². The van der Waals surface area contributed by atoms with E-state index < -0.39 is 0 Å². The van der Waals surface area contributed by atoms with Gasteiger partial charge in [-0.1, -0.05) is 18.2 Å². The summed E-state index contributed by atoms with van der Waals surface area (Å²) in [5, 5.41) is 14.2. The van der Waals surface area contributed by atoms with E-state index in [2.05, 4.69) is 56.8 Å². The second-order valence-electron chi connectivity index (χ2n) is 6.41. The van der Waals surface area contributed by atoms with Crippen LogP contribution < -0.4 is 0 Å². The Morgan fingerprint density at radius 2 is 2.24 bits per heavy atom. The van der Waals surface area contributed by atoms with E-state index in [1.807, 2.05) is 23.5 Å². The maximum atomic E-state index is 5.78. The maximum Gasteiger partial charge on any atom is 0.204 e.